The van der Waals surface area contributed by atoms with Gasteiger partial charge in [0.25, 0.3) is 5.79 Å². The van der Waals surface area contributed by atoms with E-state index in [0.29, 0.717) is 6.42 Å². The van der Waals surface area contributed by atoms with E-state index < -0.39 is 11.8 Å². The summed E-state index contributed by atoms with van der Waals surface area (Å²) in [5, 5.41) is 26.8. The van der Waals surface area contributed by atoms with Gasteiger partial charge in [-0.2, -0.15) is 0 Å². The smallest absolute Gasteiger partial charge is 0.364 e. The monoisotopic (exact) mass is 312 g/mol. The van der Waals surface area contributed by atoms with E-state index in [0.717, 1.165) is 32.1 Å². The molecule has 0 aromatic heterocycles. The van der Waals surface area contributed by atoms with Crippen LogP contribution in [0.5, 0.6) is 0 Å². The fourth-order valence-corrected chi connectivity index (χ4v) is 2.11. The van der Waals surface area contributed by atoms with Crippen molar-refractivity contribution in [1.82, 2.24) is 0 Å². The van der Waals surface area contributed by atoms with Gasteiger partial charge in [0.05, 0.1) is 0 Å². The van der Waals surface area contributed by atoms with E-state index >= 15 is 0 Å². The van der Waals surface area contributed by atoms with Crippen LogP contribution in [0, 0.1) is 0 Å². The van der Waals surface area contributed by atoms with Gasteiger partial charge >= 0.3 is 5.97 Å². The van der Waals surface area contributed by atoms with Gasteiger partial charge in [0.2, 0.25) is 0 Å². The first-order chi connectivity index (χ1) is 10.5. The van der Waals surface area contributed by atoms with E-state index in [9.17, 15) is 4.79 Å². The van der Waals surface area contributed by atoms with Gasteiger partial charge in [0.1, 0.15) is 0 Å². The van der Waals surface area contributed by atoms with Crippen LogP contribution in [-0.4, -0.2) is 27.1 Å². The molecule has 0 aliphatic rings. The summed E-state index contributed by atoms with van der Waals surface area (Å²) >= 11 is 0. The first kappa shape index (κ1) is 20.9. The molecule has 0 aromatic carbocycles. The quantitative estimate of drug-likeness (QED) is 0.255. The number of aliphatic carboxylic acids is 1. The number of rotatable bonds is 14. The second kappa shape index (κ2) is 13.5. The van der Waals surface area contributed by atoms with Gasteiger partial charge in [0.15, 0.2) is 0 Å². The molecule has 0 saturated carbocycles. The lowest BCUT2D eigenvalue weighted by molar-refractivity contribution is -0.205. The molecule has 0 fully saturated rings. The van der Waals surface area contributed by atoms with Gasteiger partial charge < -0.3 is 15.3 Å². The van der Waals surface area contributed by atoms with Crippen molar-refractivity contribution in [1.29, 1.82) is 0 Å². The molecule has 3 N–H and O–H groups in total. The highest BCUT2D eigenvalue weighted by molar-refractivity contribution is 5.74. The van der Waals surface area contributed by atoms with Crippen LogP contribution in [0.4, 0.5) is 0 Å². The third kappa shape index (κ3) is 12.6. The second-order valence-corrected chi connectivity index (χ2v) is 5.75. The summed E-state index contributed by atoms with van der Waals surface area (Å²) in [4.78, 5) is 10.5. The molecule has 4 nitrogen and oxygen atoms in total. The zero-order valence-corrected chi connectivity index (χ0v) is 13.8. The van der Waals surface area contributed by atoms with Crippen molar-refractivity contribution in [3.8, 4) is 0 Å². The summed E-state index contributed by atoms with van der Waals surface area (Å²) in [5.74, 6) is -4.14. The lowest BCUT2D eigenvalue weighted by atomic mass is 10.1. The summed E-state index contributed by atoms with van der Waals surface area (Å²) in [6.45, 7) is 2.21. The molecular formula is C18H32O4. The normalized spacial score (nSPS) is 12.5. The molecule has 0 saturated heterocycles. The summed E-state index contributed by atoms with van der Waals surface area (Å²) in [6, 6.07) is 0. The first-order valence-corrected chi connectivity index (χ1v) is 8.49. The Labute approximate surface area is 134 Å². The third-order valence-corrected chi connectivity index (χ3v) is 3.57. The van der Waals surface area contributed by atoms with E-state index in [-0.39, 0.29) is 6.42 Å². The summed E-state index contributed by atoms with van der Waals surface area (Å²) in [6.07, 6.45) is 19.1. The fraction of sp³-hybridized carbons (Fsp3) is 0.722. The largest absolute Gasteiger partial charge is 0.477 e. The maximum atomic E-state index is 10.5. The van der Waals surface area contributed by atoms with Crippen LogP contribution in [-0.2, 0) is 4.79 Å². The fourth-order valence-electron chi connectivity index (χ4n) is 2.11. The van der Waals surface area contributed by atoms with Gasteiger partial charge in [-0.05, 0) is 38.5 Å². The number of carboxylic acids is 1. The van der Waals surface area contributed by atoms with Crippen LogP contribution in [0.1, 0.15) is 77.6 Å². The molecule has 0 atom stereocenters. The molecule has 0 radical (unpaired) electrons. The van der Waals surface area contributed by atoms with Crippen LogP contribution in [0.2, 0.25) is 0 Å². The van der Waals surface area contributed by atoms with Crippen molar-refractivity contribution in [2.75, 3.05) is 0 Å². The Balaban J connectivity index is 3.39. The summed E-state index contributed by atoms with van der Waals surface area (Å²) in [5.41, 5.74) is 0. The van der Waals surface area contributed by atoms with Gasteiger partial charge in [0, 0.05) is 6.42 Å². The van der Waals surface area contributed by atoms with Crippen molar-refractivity contribution in [3.63, 3.8) is 0 Å². The molecule has 0 unspecified atom stereocenters. The van der Waals surface area contributed by atoms with Crippen molar-refractivity contribution < 1.29 is 20.1 Å². The summed E-state index contributed by atoms with van der Waals surface area (Å²) < 4.78 is 0. The minimum atomic E-state index is -2.57. The number of allylic oxidation sites excluding steroid dienone is 4. The highest BCUT2D eigenvalue weighted by atomic mass is 16.5. The Hall–Kier alpha value is -1.13. The molecule has 22 heavy (non-hydrogen) atoms. The number of hydrogen-bond donors (Lipinski definition) is 3. The molecule has 0 rings (SSSR count). The number of unbranched alkanes of at least 4 members (excludes halogenated alkanes) is 7. The second-order valence-electron chi connectivity index (χ2n) is 5.75. The Bertz CT molecular complexity index is 332. The zero-order valence-electron chi connectivity index (χ0n) is 13.8. The lowest BCUT2D eigenvalue weighted by Crippen LogP contribution is -2.37. The molecule has 0 spiro atoms. The number of carboxylic acid groups (broad SMARTS) is 1. The van der Waals surface area contributed by atoms with Crippen LogP contribution in [0.3, 0.4) is 0 Å². The third-order valence-electron chi connectivity index (χ3n) is 3.57. The van der Waals surface area contributed by atoms with Crippen molar-refractivity contribution >= 4 is 5.97 Å². The van der Waals surface area contributed by atoms with E-state index in [1.54, 1.807) is 0 Å². The molecule has 0 aliphatic carbocycles. The van der Waals surface area contributed by atoms with E-state index in [1.165, 1.54) is 25.7 Å². The predicted molar refractivity (Wildman–Crippen MR) is 89.5 cm³/mol. The topological polar surface area (TPSA) is 77.8 Å². The Morgan fingerprint density at radius 3 is 1.95 bits per heavy atom. The SMILES string of the molecule is CCCCC/C=C\C/C=C\CCCCCCC(O)(O)C(=O)O. The Kier molecular flexibility index (Phi) is 12.8. The lowest BCUT2D eigenvalue weighted by Gasteiger charge is -2.15. The average molecular weight is 312 g/mol. The molecule has 0 heterocycles. The predicted octanol–water partition coefficient (Wildman–Crippen LogP) is 4.18. The van der Waals surface area contributed by atoms with Crippen molar-refractivity contribution in [3.05, 3.63) is 24.3 Å². The molecule has 128 valence electrons. The number of carbonyl (C=O) groups is 1. The maximum absolute atomic E-state index is 10.5. The molecule has 0 aromatic rings. The Morgan fingerprint density at radius 1 is 0.864 bits per heavy atom. The van der Waals surface area contributed by atoms with Crippen molar-refractivity contribution in [2.45, 2.75) is 83.3 Å². The molecule has 4 heteroatoms. The van der Waals surface area contributed by atoms with Gasteiger partial charge in [-0.15, -0.1) is 0 Å². The zero-order chi connectivity index (χ0) is 16.7. The van der Waals surface area contributed by atoms with Gasteiger partial charge in [-0.25, -0.2) is 4.79 Å². The van der Waals surface area contributed by atoms with Crippen molar-refractivity contribution in [2.24, 2.45) is 0 Å². The van der Waals surface area contributed by atoms with E-state index in [4.69, 9.17) is 15.3 Å². The van der Waals surface area contributed by atoms with Crippen LogP contribution in [0.15, 0.2) is 24.3 Å². The van der Waals surface area contributed by atoms with E-state index in [1.807, 2.05) is 0 Å². The van der Waals surface area contributed by atoms with Crippen LogP contribution >= 0.6 is 0 Å². The highest BCUT2D eigenvalue weighted by Crippen LogP contribution is 2.13. The molecule has 0 amide bonds. The van der Waals surface area contributed by atoms with Gasteiger partial charge in [-0.1, -0.05) is 56.9 Å². The molecule has 0 aliphatic heterocycles. The maximum Gasteiger partial charge on any atom is 0.364 e. The molecule has 0 bridgehead atoms. The van der Waals surface area contributed by atoms with Gasteiger partial charge in [-0.3, -0.25) is 0 Å². The first-order valence-electron chi connectivity index (χ1n) is 8.49. The number of aliphatic hydroxyl groups is 2. The molecular weight excluding hydrogens is 280 g/mol. The minimum Gasteiger partial charge on any atom is -0.477 e. The number of hydrogen-bond acceptors (Lipinski definition) is 3. The van der Waals surface area contributed by atoms with Crippen LogP contribution < -0.4 is 0 Å². The minimum absolute atomic E-state index is 0.110. The van der Waals surface area contributed by atoms with E-state index in [2.05, 4.69) is 31.2 Å². The average Bonchev–Trinajstić information content (AvgIpc) is 2.47. The standard InChI is InChI=1S/C18H32O4/c1-2-3-4-5-6-7-8-9-10-11-12-13-14-15-16-18(21,22)17(19)20/h6-7,9-10,21-22H,2-5,8,11-16H2,1H3,(H,19,20)/b7-6-,10-9-. The summed E-state index contributed by atoms with van der Waals surface area (Å²) in [7, 11) is 0. The van der Waals surface area contributed by atoms with Crippen LogP contribution in [0.25, 0.3) is 0 Å². The highest BCUT2D eigenvalue weighted by Gasteiger charge is 2.31. The Morgan fingerprint density at radius 2 is 1.41 bits per heavy atom.